The number of nitrogens with one attached hydrogen (secondary N) is 1. The number of nitrogens with zero attached hydrogens (tertiary/aromatic N) is 2. The number of carbonyl (C=O) groups excluding carboxylic acids is 1. The molecule has 27 heavy (non-hydrogen) atoms. The van der Waals surface area contributed by atoms with Crippen LogP contribution in [-0.2, 0) is 14.8 Å². The lowest BCUT2D eigenvalue weighted by Crippen LogP contribution is -2.39. The molecular formula is C17H17Cl2N3O4S. The maximum absolute atomic E-state index is 12.1. The standard InChI is InChI=1S/C17H17Cl2N3O4S/c1-26-16-5-3-4-12(6-16)10-20-21-17(23)11-22(27(2,24)25)15-8-13(18)7-14(19)9-15/h3-10H,11H2,1-2H3,(H,21,23)/b20-10-. The number of methoxy groups -OCH3 is 1. The lowest BCUT2D eigenvalue weighted by atomic mass is 10.2. The van der Waals surface area contributed by atoms with Crippen molar-refractivity contribution in [3.63, 3.8) is 0 Å². The molecule has 0 aliphatic rings. The van der Waals surface area contributed by atoms with E-state index in [1.807, 2.05) is 0 Å². The number of amides is 1. The molecule has 10 heteroatoms. The van der Waals surface area contributed by atoms with E-state index in [2.05, 4.69) is 10.5 Å². The number of hydrogen-bond donors (Lipinski definition) is 1. The van der Waals surface area contributed by atoms with Crippen molar-refractivity contribution < 1.29 is 17.9 Å². The van der Waals surface area contributed by atoms with E-state index in [-0.39, 0.29) is 15.7 Å². The van der Waals surface area contributed by atoms with E-state index in [0.717, 1.165) is 10.6 Å². The SMILES string of the molecule is COc1cccc(/C=N\NC(=O)CN(c2cc(Cl)cc(Cl)c2)S(C)(=O)=O)c1. The quantitative estimate of drug-likeness (QED) is 0.541. The molecule has 0 aliphatic heterocycles. The smallest absolute Gasteiger partial charge is 0.260 e. The first-order valence-electron chi connectivity index (χ1n) is 7.59. The van der Waals surface area contributed by atoms with Crippen LogP contribution in [0.5, 0.6) is 5.75 Å². The Kier molecular flexibility index (Phi) is 7.06. The molecule has 7 nitrogen and oxygen atoms in total. The molecule has 0 fully saturated rings. The minimum absolute atomic E-state index is 0.182. The van der Waals surface area contributed by atoms with Crippen molar-refractivity contribution >= 4 is 51.0 Å². The minimum Gasteiger partial charge on any atom is -0.497 e. The summed E-state index contributed by atoms with van der Waals surface area (Å²) in [5.74, 6) is 0.0158. The van der Waals surface area contributed by atoms with E-state index >= 15 is 0 Å². The van der Waals surface area contributed by atoms with Gasteiger partial charge < -0.3 is 4.74 Å². The Hall–Kier alpha value is -2.29. The number of benzene rings is 2. The monoisotopic (exact) mass is 429 g/mol. The summed E-state index contributed by atoms with van der Waals surface area (Å²) in [6.07, 6.45) is 2.40. The lowest BCUT2D eigenvalue weighted by Gasteiger charge is -2.21. The Labute approximate surface area is 167 Å². The molecule has 0 atom stereocenters. The fourth-order valence-corrected chi connectivity index (χ4v) is 3.50. The average Bonchev–Trinajstić information content (AvgIpc) is 2.58. The molecule has 0 aliphatic carbocycles. The summed E-state index contributed by atoms with van der Waals surface area (Å²) in [6.45, 7) is -0.481. The molecule has 2 aromatic rings. The van der Waals surface area contributed by atoms with Gasteiger partial charge in [0.15, 0.2) is 0 Å². The highest BCUT2D eigenvalue weighted by Crippen LogP contribution is 2.26. The highest BCUT2D eigenvalue weighted by Gasteiger charge is 2.21. The van der Waals surface area contributed by atoms with Crippen molar-refractivity contribution in [1.82, 2.24) is 5.43 Å². The van der Waals surface area contributed by atoms with Crippen molar-refractivity contribution in [1.29, 1.82) is 0 Å². The summed E-state index contributed by atoms with van der Waals surface area (Å²) in [6, 6.07) is 11.3. The third-order valence-electron chi connectivity index (χ3n) is 3.32. The Morgan fingerprint density at radius 2 is 1.89 bits per heavy atom. The highest BCUT2D eigenvalue weighted by atomic mass is 35.5. The van der Waals surface area contributed by atoms with Crippen LogP contribution in [0.15, 0.2) is 47.6 Å². The zero-order chi connectivity index (χ0) is 20.0. The Bertz CT molecular complexity index is 944. The van der Waals surface area contributed by atoms with Gasteiger partial charge in [0, 0.05) is 10.0 Å². The summed E-state index contributed by atoms with van der Waals surface area (Å²) < 4.78 is 30.1. The zero-order valence-corrected chi connectivity index (χ0v) is 16.8. The van der Waals surface area contributed by atoms with Crippen LogP contribution in [0, 0.1) is 0 Å². The third-order valence-corrected chi connectivity index (χ3v) is 4.90. The van der Waals surface area contributed by atoms with Crippen LogP contribution in [0.2, 0.25) is 10.0 Å². The second kappa shape index (κ2) is 9.07. The number of rotatable bonds is 7. The molecular weight excluding hydrogens is 413 g/mol. The predicted octanol–water partition coefficient (Wildman–Crippen LogP) is 2.92. The van der Waals surface area contributed by atoms with Crippen molar-refractivity contribution in [3.05, 3.63) is 58.1 Å². The van der Waals surface area contributed by atoms with Crippen molar-refractivity contribution in [2.24, 2.45) is 5.10 Å². The Morgan fingerprint density at radius 3 is 2.48 bits per heavy atom. The number of hydrazone groups is 1. The van der Waals surface area contributed by atoms with Crippen molar-refractivity contribution in [2.45, 2.75) is 0 Å². The van der Waals surface area contributed by atoms with E-state index in [4.69, 9.17) is 27.9 Å². The molecule has 144 valence electrons. The molecule has 2 rings (SSSR count). The fourth-order valence-electron chi connectivity index (χ4n) is 2.15. The number of carbonyl (C=O) groups is 1. The van der Waals surface area contributed by atoms with Crippen LogP contribution in [0.4, 0.5) is 5.69 Å². The molecule has 0 radical (unpaired) electrons. The molecule has 0 aromatic heterocycles. The second-order valence-electron chi connectivity index (χ2n) is 5.47. The normalized spacial score (nSPS) is 11.4. The summed E-state index contributed by atoms with van der Waals surface area (Å²) in [5.41, 5.74) is 3.17. The first-order chi connectivity index (χ1) is 12.7. The van der Waals surface area contributed by atoms with Gasteiger partial charge >= 0.3 is 0 Å². The van der Waals surface area contributed by atoms with Crippen LogP contribution in [-0.4, -0.2) is 40.4 Å². The summed E-state index contributed by atoms with van der Waals surface area (Å²) >= 11 is 11.8. The molecule has 0 bridgehead atoms. The number of hydrogen-bond acceptors (Lipinski definition) is 5. The Morgan fingerprint density at radius 1 is 1.22 bits per heavy atom. The number of anilines is 1. The molecule has 1 N–H and O–H groups in total. The van der Waals surface area contributed by atoms with Crippen molar-refractivity contribution in [2.75, 3.05) is 24.2 Å². The largest absolute Gasteiger partial charge is 0.497 e. The first kappa shape index (κ1) is 21.0. The van der Waals surface area contributed by atoms with Gasteiger partial charge in [0.2, 0.25) is 10.0 Å². The lowest BCUT2D eigenvalue weighted by molar-refractivity contribution is -0.119. The maximum Gasteiger partial charge on any atom is 0.260 e. The van der Waals surface area contributed by atoms with E-state index in [1.54, 1.807) is 31.4 Å². The third kappa shape index (κ3) is 6.42. The minimum atomic E-state index is -3.75. The number of ether oxygens (including phenoxy) is 1. The first-order valence-corrected chi connectivity index (χ1v) is 10.2. The van der Waals surface area contributed by atoms with E-state index in [1.165, 1.54) is 24.4 Å². The molecule has 0 unspecified atom stereocenters. The van der Waals surface area contributed by atoms with E-state index in [9.17, 15) is 13.2 Å². The average molecular weight is 430 g/mol. The zero-order valence-electron chi connectivity index (χ0n) is 14.5. The molecule has 0 heterocycles. The van der Waals surface area contributed by atoms with Gasteiger partial charge in [-0.05, 0) is 35.9 Å². The van der Waals surface area contributed by atoms with E-state index < -0.39 is 22.5 Å². The van der Waals surface area contributed by atoms with Crippen molar-refractivity contribution in [3.8, 4) is 5.75 Å². The molecule has 0 saturated heterocycles. The fraction of sp³-hybridized carbons (Fsp3) is 0.176. The van der Waals surface area contributed by atoms with Gasteiger partial charge in [0.25, 0.3) is 5.91 Å². The number of sulfonamides is 1. The van der Waals surface area contributed by atoms with Gasteiger partial charge in [0.1, 0.15) is 12.3 Å². The summed E-state index contributed by atoms with van der Waals surface area (Å²) in [5, 5.41) is 4.33. The van der Waals surface area contributed by atoms with Gasteiger partial charge in [-0.15, -0.1) is 0 Å². The maximum atomic E-state index is 12.1. The van der Waals surface area contributed by atoms with Gasteiger partial charge in [0.05, 0.1) is 25.3 Å². The van der Waals surface area contributed by atoms with Gasteiger partial charge in [-0.3, -0.25) is 9.10 Å². The van der Waals surface area contributed by atoms with Gasteiger partial charge in [-0.1, -0.05) is 35.3 Å². The summed E-state index contributed by atoms with van der Waals surface area (Å²) in [4.78, 5) is 12.1. The Balaban J connectivity index is 2.11. The molecule has 0 spiro atoms. The van der Waals surface area contributed by atoms with Crippen LogP contribution in [0.3, 0.4) is 0 Å². The van der Waals surface area contributed by atoms with Crippen LogP contribution >= 0.6 is 23.2 Å². The van der Waals surface area contributed by atoms with Gasteiger partial charge in [-0.2, -0.15) is 5.10 Å². The predicted molar refractivity (Wildman–Crippen MR) is 107 cm³/mol. The summed E-state index contributed by atoms with van der Waals surface area (Å²) in [7, 11) is -2.20. The van der Waals surface area contributed by atoms with Crippen LogP contribution in [0.1, 0.15) is 5.56 Å². The van der Waals surface area contributed by atoms with Crippen LogP contribution < -0.4 is 14.5 Å². The molecule has 1 amide bonds. The van der Waals surface area contributed by atoms with Crippen LogP contribution in [0.25, 0.3) is 0 Å². The highest BCUT2D eigenvalue weighted by molar-refractivity contribution is 7.92. The second-order valence-corrected chi connectivity index (χ2v) is 8.25. The molecule has 2 aromatic carbocycles. The van der Waals surface area contributed by atoms with E-state index in [0.29, 0.717) is 11.3 Å². The van der Waals surface area contributed by atoms with Gasteiger partial charge in [-0.25, -0.2) is 13.8 Å². The number of halogens is 2. The molecule has 0 saturated carbocycles. The topological polar surface area (TPSA) is 88.1 Å².